The summed E-state index contributed by atoms with van der Waals surface area (Å²) in [4.78, 5) is 13.6. The predicted molar refractivity (Wildman–Crippen MR) is 85.4 cm³/mol. The highest BCUT2D eigenvalue weighted by Crippen LogP contribution is 2.25. The van der Waals surface area contributed by atoms with Crippen LogP contribution in [-0.2, 0) is 10.8 Å². The Morgan fingerprint density at radius 1 is 1.25 bits per heavy atom. The number of rotatable bonds is 4. The van der Waals surface area contributed by atoms with Gasteiger partial charge in [-0.3, -0.25) is 9.00 Å². The number of benzene rings is 1. The van der Waals surface area contributed by atoms with Crippen molar-refractivity contribution in [2.45, 2.75) is 30.9 Å². The fourth-order valence-corrected chi connectivity index (χ4v) is 4.40. The minimum Gasteiger partial charge on any atom is -0.292 e. The molecule has 0 N–H and O–H groups in total. The van der Waals surface area contributed by atoms with Crippen molar-refractivity contribution in [2.75, 3.05) is 0 Å². The summed E-state index contributed by atoms with van der Waals surface area (Å²) < 4.78 is 13.2. The number of halogens is 1. The highest BCUT2D eigenvalue weighted by Gasteiger charge is 2.25. The SMILES string of the molecule is Cc1ccc(C)c(S(=O)C(C)C(=O)c2ccc(Cl)s2)c1. The van der Waals surface area contributed by atoms with Gasteiger partial charge < -0.3 is 0 Å². The lowest BCUT2D eigenvalue weighted by atomic mass is 10.2. The number of thiophene rings is 1. The second kappa shape index (κ2) is 6.20. The minimum absolute atomic E-state index is 0.124. The molecule has 1 aromatic carbocycles. The number of ketones is 1. The van der Waals surface area contributed by atoms with E-state index in [1.807, 2.05) is 32.0 Å². The number of carbonyl (C=O) groups is 1. The summed E-state index contributed by atoms with van der Waals surface area (Å²) in [5, 5.41) is -0.579. The standard InChI is InChI=1S/C15H15ClO2S2/c1-9-4-5-10(2)13(8-9)20(18)11(3)15(17)12-6-7-14(16)19-12/h4-8,11H,1-3H3. The predicted octanol–water partition coefficient (Wildman–Crippen LogP) is 4.40. The molecule has 0 bridgehead atoms. The van der Waals surface area contributed by atoms with Crippen molar-refractivity contribution in [3.05, 3.63) is 50.7 Å². The van der Waals surface area contributed by atoms with Gasteiger partial charge in [-0.1, -0.05) is 23.7 Å². The Hall–Kier alpha value is -0.970. The number of carbonyl (C=O) groups excluding carboxylic acids is 1. The van der Waals surface area contributed by atoms with Crippen LogP contribution in [0.25, 0.3) is 0 Å². The molecule has 2 rings (SSSR count). The molecule has 0 fully saturated rings. The van der Waals surface area contributed by atoms with Gasteiger partial charge in [0.15, 0.2) is 5.78 Å². The van der Waals surface area contributed by atoms with Crippen molar-refractivity contribution in [3.8, 4) is 0 Å². The topological polar surface area (TPSA) is 34.1 Å². The monoisotopic (exact) mass is 326 g/mol. The molecule has 20 heavy (non-hydrogen) atoms. The van der Waals surface area contributed by atoms with Crippen molar-refractivity contribution in [2.24, 2.45) is 0 Å². The molecular weight excluding hydrogens is 312 g/mol. The summed E-state index contributed by atoms with van der Waals surface area (Å²) in [7, 11) is -1.36. The van der Waals surface area contributed by atoms with Crippen LogP contribution >= 0.6 is 22.9 Å². The van der Waals surface area contributed by atoms with Crippen LogP contribution in [0, 0.1) is 13.8 Å². The Bertz CT molecular complexity index is 676. The van der Waals surface area contributed by atoms with Crippen molar-refractivity contribution < 1.29 is 9.00 Å². The molecule has 0 aliphatic carbocycles. The first-order valence-electron chi connectivity index (χ1n) is 6.17. The molecule has 1 aromatic heterocycles. The van der Waals surface area contributed by atoms with E-state index in [1.54, 1.807) is 19.1 Å². The molecule has 2 unspecified atom stereocenters. The van der Waals surface area contributed by atoms with Gasteiger partial charge in [0.2, 0.25) is 0 Å². The molecule has 0 saturated heterocycles. The lowest BCUT2D eigenvalue weighted by molar-refractivity contribution is 0.0996. The maximum atomic E-state index is 12.6. The van der Waals surface area contributed by atoms with Gasteiger partial charge in [0.05, 0.1) is 20.0 Å². The smallest absolute Gasteiger partial charge is 0.188 e. The molecule has 0 aliphatic heterocycles. The lowest BCUT2D eigenvalue weighted by Crippen LogP contribution is -2.22. The number of hydrogen-bond acceptors (Lipinski definition) is 3. The van der Waals surface area contributed by atoms with Gasteiger partial charge >= 0.3 is 0 Å². The Balaban J connectivity index is 2.28. The van der Waals surface area contributed by atoms with Crippen LogP contribution in [0.1, 0.15) is 27.7 Å². The third-order valence-corrected chi connectivity index (χ3v) is 6.04. The van der Waals surface area contributed by atoms with Crippen molar-refractivity contribution in [3.63, 3.8) is 0 Å². The zero-order valence-electron chi connectivity index (χ0n) is 11.5. The van der Waals surface area contributed by atoms with Crippen LogP contribution in [0.2, 0.25) is 4.34 Å². The third kappa shape index (κ3) is 3.19. The lowest BCUT2D eigenvalue weighted by Gasteiger charge is -2.12. The van der Waals surface area contributed by atoms with E-state index in [0.29, 0.717) is 9.21 Å². The van der Waals surface area contributed by atoms with Gasteiger partial charge in [-0.2, -0.15) is 0 Å². The van der Waals surface area contributed by atoms with E-state index in [0.717, 1.165) is 16.0 Å². The zero-order valence-corrected chi connectivity index (χ0v) is 13.9. The second-order valence-corrected chi connectivity index (χ2v) is 8.13. The molecule has 2 nitrogen and oxygen atoms in total. The average Bonchev–Trinajstić information content (AvgIpc) is 2.85. The van der Waals surface area contributed by atoms with E-state index >= 15 is 0 Å². The zero-order chi connectivity index (χ0) is 14.9. The maximum absolute atomic E-state index is 12.6. The summed E-state index contributed by atoms with van der Waals surface area (Å²) in [6, 6.07) is 9.17. The van der Waals surface area contributed by atoms with Gasteiger partial charge in [0, 0.05) is 4.90 Å². The van der Waals surface area contributed by atoms with E-state index in [9.17, 15) is 9.00 Å². The van der Waals surface area contributed by atoms with E-state index in [-0.39, 0.29) is 5.78 Å². The molecule has 0 radical (unpaired) electrons. The Labute approximate surface area is 130 Å². The van der Waals surface area contributed by atoms with Gasteiger partial charge in [-0.25, -0.2) is 0 Å². The van der Waals surface area contributed by atoms with Crippen LogP contribution in [-0.4, -0.2) is 15.2 Å². The number of aryl methyl sites for hydroxylation is 2. The highest BCUT2D eigenvalue weighted by molar-refractivity contribution is 7.86. The van der Waals surface area contributed by atoms with Crippen LogP contribution in [0.15, 0.2) is 35.2 Å². The molecule has 0 aliphatic rings. The van der Waals surface area contributed by atoms with Crippen molar-refractivity contribution in [1.29, 1.82) is 0 Å². The van der Waals surface area contributed by atoms with E-state index in [2.05, 4.69) is 0 Å². The summed E-state index contributed by atoms with van der Waals surface area (Å²) in [6.45, 7) is 5.56. The third-order valence-electron chi connectivity index (χ3n) is 3.07. The Morgan fingerprint density at radius 2 is 1.95 bits per heavy atom. The average molecular weight is 327 g/mol. The largest absolute Gasteiger partial charge is 0.292 e. The summed E-state index contributed by atoms with van der Waals surface area (Å²) in [5.41, 5.74) is 1.98. The first-order valence-corrected chi connectivity index (χ1v) is 8.58. The van der Waals surface area contributed by atoms with E-state index < -0.39 is 16.0 Å². The van der Waals surface area contributed by atoms with Crippen LogP contribution in [0.3, 0.4) is 0 Å². The minimum atomic E-state index is -1.36. The first kappa shape index (κ1) is 15.4. The number of Topliss-reactive ketones (excluding diaryl/α,β-unsaturated/α-hetero) is 1. The quantitative estimate of drug-likeness (QED) is 0.780. The van der Waals surface area contributed by atoms with Crippen LogP contribution in [0.4, 0.5) is 0 Å². The van der Waals surface area contributed by atoms with Crippen molar-refractivity contribution >= 4 is 39.5 Å². The molecule has 2 atom stereocenters. The fourth-order valence-electron chi connectivity index (χ4n) is 1.86. The normalized spacial score (nSPS) is 14.0. The first-order chi connectivity index (χ1) is 9.40. The molecule has 0 spiro atoms. The molecule has 2 aromatic rings. The molecule has 5 heteroatoms. The number of hydrogen-bond donors (Lipinski definition) is 0. The van der Waals surface area contributed by atoms with Crippen molar-refractivity contribution in [1.82, 2.24) is 0 Å². The van der Waals surface area contributed by atoms with E-state index in [1.165, 1.54) is 11.3 Å². The summed E-state index contributed by atoms with van der Waals surface area (Å²) in [5.74, 6) is -0.124. The van der Waals surface area contributed by atoms with Gasteiger partial charge in [-0.15, -0.1) is 11.3 Å². The molecular formula is C15H15ClO2S2. The maximum Gasteiger partial charge on any atom is 0.188 e. The fraction of sp³-hybridized carbons (Fsp3) is 0.267. The Morgan fingerprint density at radius 3 is 2.55 bits per heavy atom. The molecule has 0 saturated carbocycles. The van der Waals surface area contributed by atoms with Gasteiger partial charge in [-0.05, 0) is 50.1 Å². The second-order valence-electron chi connectivity index (χ2n) is 4.68. The summed E-state index contributed by atoms with van der Waals surface area (Å²) >= 11 is 7.07. The molecule has 1 heterocycles. The Kier molecular flexibility index (Phi) is 4.78. The van der Waals surface area contributed by atoms with Gasteiger partial charge in [0.1, 0.15) is 5.25 Å². The summed E-state index contributed by atoms with van der Waals surface area (Å²) in [6.07, 6.45) is 0. The van der Waals surface area contributed by atoms with E-state index in [4.69, 9.17) is 11.6 Å². The van der Waals surface area contributed by atoms with Crippen LogP contribution in [0.5, 0.6) is 0 Å². The molecule has 106 valence electrons. The highest BCUT2D eigenvalue weighted by atomic mass is 35.5. The van der Waals surface area contributed by atoms with Gasteiger partial charge in [0.25, 0.3) is 0 Å². The van der Waals surface area contributed by atoms with Crippen LogP contribution < -0.4 is 0 Å². The molecule has 0 amide bonds.